The number of nitrogens with zero attached hydrogens (tertiary/aromatic N) is 1. The van der Waals surface area contributed by atoms with Crippen LogP contribution < -0.4 is 10.2 Å². The minimum absolute atomic E-state index is 0.195. The molecule has 0 atom stereocenters. The first-order valence-corrected chi connectivity index (χ1v) is 8.51. The second-order valence-corrected chi connectivity index (χ2v) is 7.87. The molecule has 1 fully saturated rings. The highest BCUT2D eigenvalue weighted by Crippen LogP contribution is 2.29. The van der Waals surface area contributed by atoms with E-state index in [1.807, 2.05) is 37.2 Å². The Hall–Kier alpha value is -0.940. The third-order valence-electron chi connectivity index (χ3n) is 3.35. The lowest BCUT2D eigenvalue weighted by atomic mass is 10.1. The van der Waals surface area contributed by atoms with Crippen molar-refractivity contribution < 1.29 is 8.42 Å². The van der Waals surface area contributed by atoms with Gasteiger partial charge in [-0.3, -0.25) is 0 Å². The van der Waals surface area contributed by atoms with Gasteiger partial charge in [-0.1, -0.05) is 11.6 Å². The van der Waals surface area contributed by atoms with Crippen LogP contribution in [0.1, 0.15) is 12.8 Å². The number of benzene rings is 1. The van der Waals surface area contributed by atoms with Gasteiger partial charge in [0.25, 0.3) is 0 Å². The molecule has 0 aliphatic carbocycles. The van der Waals surface area contributed by atoms with Gasteiger partial charge in [-0.15, -0.1) is 0 Å². The summed E-state index contributed by atoms with van der Waals surface area (Å²) in [4.78, 5) is 2.01. The maximum Gasteiger partial charge on any atom is 0.150 e. The van der Waals surface area contributed by atoms with Crippen LogP contribution in [-0.4, -0.2) is 40.1 Å². The Labute approximate surface area is 119 Å². The highest BCUT2D eigenvalue weighted by Gasteiger charge is 2.24. The molecule has 106 valence electrons. The molecule has 1 N–H and O–H groups in total. The lowest BCUT2D eigenvalue weighted by Gasteiger charge is -2.27. The summed E-state index contributed by atoms with van der Waals surface area (Å²) in [6.07, 6.45) is 1.31. The van der Waals surface area contributed by atoms with Crippen LogP contribution in [0.5, 0.6) is 0 Å². The standard InChI is InChI=1S/C13H19ClN2O2S/c1-16(2)13-4-3-10(14)9-12(13)15-11-5-7-19(17,18)8-6-11/h3-4,9,11,15H,5-8H2,1-2H3. The van der Waals surface area contributed by atoms with Gasteiger partial charge in [-0.05, 0) is 31.0 Å². The molecule has 0 amide bonds. The molecular weight excluding hydrogens is 284 g/mol. The number of hydrogen-bond acceptors (Lipinski definition) is 4. The molecule has 0 unspecified atom stereocenters. The normalized spacial score (nSPS) is 19.1. The van der Waals surface area contributed by atoms with Gasteiger partial charge in [0.15, 0.2) is 0 Å². The average Bonchev–Trinajstić information content (AvgIpc) is 2.31. The number of hydrogen-bond donors (Lipinski definition) is 1. The molecule has 4 nitrogen and oxygen atoms in total. The third kappa shape index (κ3) is 3.76. The minimum Gasteiger partial charge on any atom is -0.381 e. The Morgan fingerprint density at radius 2 is 1.89 bits per heavy atom. The summed E-state index contributed by atoms with van der Waals surface area (Å²) >= 11 is 6.03. The summed E-state index contributed by atoms with van der Waals surface area (Å²) in [5, 5.41) is 4.10. The molecular formula is C13H19ClN2O2S. The Bertz CT molecular complexity index is 544. The number of nitrogens with one attached hydrogen (secondary N) is 1. The minimum atomic E-state index is -2.82. The van der Waals surface area contributed by atoms with E-state index in [1.165, 1.54) is 0 Å². The van der Waals surface area contributed by atoms with Crippen molar-refractivity contribution >= 4 is 32.8 Å². The van der Waals surface area contributed by atoms with Crippen LogP contribution in [0, 0.1) is 0 Å². The SMILES string of the molecule is CN(C)c1ccc(Cl)cc1NC1CCS(=O)(=O)CC1. The summed E-state index contributed by atoms with van der Waals surface area (Å²) in [6.45, 7) is 0. The molecule has 1 aliphatic heterocycles. The summed E-state index contributed by atoms with van der Waals surface area (Å²) in [7, 11) is 1.12. The molecule has 0 spiro atoms. The number of anilines is 2. The van der Waals surface area contributed by atoms with Crippen LogP contribution in [0.3, 0.4) is 0 Å². The second kappa shape index (κ2) is 5.59. The summed E-state index contributed by atoms with van der Waals surface area (Å²) < 4.78 is 22.8. The van der Waals surface area contributed by atoms with Crippen LogP contribution in [0.2, 0.25) is 5.02 Å². The zero-order valence-corrected chi connectivity index (χ0v) is 12.8. The monoisotopic (exact) mass is 302 g/mol. The van der Waals surface area contributed by atoms with E-state index in [2.05, 4.69) is 5.32 Å². The highest BCUT2D eigenvalue weighted by atomic mass is 35.5. The zero-order chi connectivity index (χ0) is 14.0. The highest BCUT2D eigenvalue weighted by molar-refractivity contribution is 7.91. The fraction of sp³-hybridized carbons (Fsp3) is 0.538. The van der Waals surface area contributed by atoms with Gasteiger partial charge < -0.3 is 10.2 Å². The lowest BCUT2D eigenvalue weighted by Crippen LogP contribution is -2.32. The van der Waals surface area contributed by atoms with Crippen molar-refractivity contribution in [1.29, 1.82) is 0 Å². The Kier molecular flexibility index (Phi) is 4.26. The van der Waals surface area contributed by atoms with Gasteiger partial charge in [0.05, 0.1) is 22.9 Å². The van der Waals surface area contributed by atoms with Crippen molar-refractivity contribution in [3.05, 3.63) is 23.2 Å². The van der Waals surface area contributed by atoms with E-state index in [0.29, 0.717) is 17.9 Å². The van der Waals surface area contributed by atoms with Gasteiger partial charge in [0, 0.05) is 25.2 Å². The van der Waals surface area contributed by atoms with Crippen molar-refractivity contribution in [1.82, 2.24) is 0 Å². The van der Waals surface area contributed by atoms with E-state index in [9.17, 15) is 8.42 Å². The smallest absolute Gasteiger partial charge is 0.150 e. The van der Waals surface area contributed by atoms with E-state index >= 15 is 0 Å². The summed E-state index contributed by atoms with van der Waals surface area (Å²) in [5.74, 6) is 0.533. The van der Waals surface area contributed by atoms with Gasteiger partial charge in [0.1, 0.15) is 9.84 Å². The van der Waals surface area contributed by atoms with Gasteiger partial charge in [0.2, 0.25) is 0 Å². The first-order valence-electron chi connectivity index (χ1n) is 6.31. The predicted octanol–water partition coefficient (Wildman–Crippen LogP) is 2.40. The maximum absolute atomic E-state index is 11.4. The topological polar surface area (TPSA) is 49.4 Å². The molecule has 1 aromatic carbocycles. The fourth-order valence-corrected chi connectivity index (χ4v) is 3.93. The van der Waals surface area contributed by atoms with Gasteiger partial charge >= 0.3 is 0 Å². The van der Waals surface area contributed by atoms with Crippen molar-refractivity contribution in [2.24, 2.45) is 0 Å². The third-order valence-corrected chi connectivity index (χ3v) is 5.31. The molecule has 2 rings (SSSR count). The molecule has 1 heterocycles. The van der Waals surface area contributed by atoms with E-state index < -0.39 is 9.84 Å². The van der Waals surface area contributed by atoms with Crippen LogP contribution in [0.15, 0.2) is 18.2 Å². The van der Waals surface area contributed by atoms with E-state index in [0.717, 1.165) is 11.4 Å². The molecule has 0 saturated carbocycles. The number of rotatable bonds is 3. The van der Waals surface area contributed by atoms with Gasteiger partial charge in [-0.25, -0.2) is 8.42 Å². The fourth-order valence-electron chi connectivity index (χ4n) is 2.27. The molecule has 0 bridgehead atoms. The van der Waals surface area contributed by atoms with Crippen LogP contribution in [0.4, 0.5) is 11.4 Å². The van der Waals surface area contributed by atoms with Gasteiger partial charge in [-0.2, -0.15) is 0 Å². The molecule has 1 saturated heterocycles. The number of halogens is 1. The maximum atomic E-state index is 11.4. The molecule has 6 heteroatoms. The molecule has 0 radical (unpaired) electrons. The van der Waals surface area contributed by atoms with Crippen LogP contribution in [0.25, 0.3) is 0 Å². The van der Waals surface area contributed by atoms with Crippen molar-refractivity contribution in [2.45, 2.75) is 18.9 Å². The quantitative estimate of drug-likeness (QED) is 0.931. The largest absolute Gasteiger partial charge is 0.381 e. The molecule has 1 aliphatic rings. The van der Waals surface area contributed by atoms with Crippen molar-refractivity contribution in [3.63, 3.8) is 0 Å². The molecule has 0 aromatic heterocycles. The van der Waals surface area contributed by atoms with E-state index in [1.54, 1.807) is 0 Å². The first-order chi connectivity index (χ1) is 8.87. The molecule has 1 aromatic rings. The predicted molar refractivity (Wildman–Crippen MR) is 81.1 cm³/mol. The van der Waals surface area contributed by atoms with Crippen molar-refractivity contribution in [2.75, 3.05) is 35.8 Å². The second-order valence-electron chi connectivity index (χ2n) is 5.13. The van der Waals surface area contributed by atoms with E-state index in [-0.39, 0.29) is 17.5 Å². The van der Waals surface area contributed by atoms with Crippen LogP contribution >= 0.6 is 11.6 Å². The molecule has 19 heavy (non-hydrogen) atoms. The lowest BCUT2D eigenvalue weighted by molar-refractivity contribution is 0.559. The van der Waals surface area contributed by atoms with Crippen LogP contribution in [-0.2, 0) is 9.84 Å². The first kappa shape index (κ1) is 14.5. The average molecular weight is 303 g/mol. The Balaban J connectivity index is 2.13. The van der Waals surface area contributed by atoms with Crippen molar-refractivity contribution in [3.8, 4) is 0 Å². The van der Waals surface area contributed by atoms with E-state index in [4.69, 9.17) is 11.6 Å². The Morgan fingerprint density at radius 1 is 1.26 bits per heavy atom. The number of sulfone groups is 1. The summed E-state index contributed by atoms with van der Waals surface area (Å²) in [5.41, 5.74) is 2.01. The Morgan fingerprint density at radius 3 is 2.47 bits per heavy atom. The zero-order valence-electron chi connectivity index (χ0n) is 11.2. The summed E-state index contributed by atoms with van der Waals surface area (Å²) in [6, 6.07) is 5.90.